The van der Waals surface area contributed by atoms with Gasteiger partial charge in [-0.3, -0.25) is 4.68 Å². The van der Waals surface area contributed by atoms with Crippen molar-refractivity contribution < 1.29 is 0 Å². The van der Waals surface area contributed by atoms with Crippen LogP contribution in [0.4, 0.5) is 0 Å². The standard InChI is InChI=1S/C9H15N3/c1-12-9(7-2-3-7)6-8(11-12)4-5-10/h6-7H,2-5,10H2,1H3. The van der Waals surface area contributed by atoms with Crippen molar-refractivity contribution in [3.8, 4) is 0 Å². The van der Waals surface area contributed by atoms with Gasteiger partial charge in [0.05, 0.1) is 5.69 Å². The van der Waals surface area contributed by atoms with Crippen molar-refractivity contribution >= 4 is 0 Å². The van der Waals surface area contributed by atoms with E-state index in [9.17, 15) is 0 Å². The maximum absolute atomic E-state index is 5.46. The Hall–Kier alpha value is -0.830. The minimum atomic E-state index is 0.696. The van der Waals surface area contributed by atoms with Crippen LogP contribution in [0.1, 0.15) is 30.1 Å². The minimum absolute atomic E-state index is 0.696. The Labute approximate surface area is 72.6 Å². The van der Waals surface area contributed by atoms with Crippen LogP contribution in [-0.4, -0.2) is 16.3 Å². The quantitative estimate of drug-likeness (QED) is 0.720. The molecule has 1 aliphatic rings. The lowest BCUT2D eigenvalue weighted by Crippen LogP contribution is -2.03. The molecule has 2 rings (SSSR count). The number of hydrogen-bond acceptors (Lipinski definition) is 2. The van der Waals surface area contributed by atoms with E-state index in [1.165, 1.54) is 18.5 Å². The van der Waals surface area contributed by atoms with Crippen molar-refractivity contribution in [3.05, 3.63) is 17.5 Å². The predicted molar refractivity (Wildman–Crippen MR) is 47.9 cm³/mol. The van der Waals surface area contributed by atoms with Gasteiger partial charge in [0, 0.05) is 25.1 Å². The molecule has 0 bridgehead atoms. The molecule has 66 valence electrons. The summed E-state index contributed by atoms with van der Waals surface area (Å²) in [6, 6.07) is 2.20. The Morgan fingerprint density at radius 2 is 2.42 bits per heavy atom. The highest BCUT2D eigenvalue weighted by Crippen LogP contribution is 2.39. The number of rotatable bonds is 3. The summed E-state index contributed by atoms with van der Waals surface area (Å²) in [6.07, 6.45) is 3.57. The highest BCUT2D eigenvalue weighted by Gasteiger charge is 2.26. The lowest BCUT2D eigenvalue weighted by Gasteiger charge is -1.95. The summed E-state index contributed by atoms with van der Waals surface area (Å²) in [5, 5.41) is 4.40. The van der Waals surface area contributed by atoms with Crippen molar-refractivity contribution in [1.82, 2.24) is 9.78 Å². The molecule has 3 heteroatoms. The molecule has 3 nitrogen and oxygen atoms in total. The topological polar surface area (TPSA) is 43.8 Å². The number of nitrogens with two attached hydrogens (primary N) is 1. The molecule has 0 aromatic carbocycles. The van der Waals surface area contributed by atoms with Crippen LogP contribution in [0.25, 0.3) is 0 Å². The lowest BCUT2D eigenvalue weighted by molar-refractivity contribution is 0.697. The first-order valence-corrected chi connectivity index (χ1v) is 4.54. The number of hydrogen-bond donors (Lipinski definition) is 1. The lowest BCUT2D eigenvalue weighted by atomic mass is 10.2. The molecule has 0 amide bonds. The van der Waals surface area contributed by atoms with Gasteiger partial charge in [-0.15, -0.1) is 0 Å². The van der Waals surface area contributed by atoms with Crippen LogP contribution >= 0.6 is 0 Å². The minimum Gasteiger partial charge on any atom is -0.330 e. The van der Waals surface area contributed by atoms with Crippen molar-refractivity contribution in [3.63, 3.8) is 0 Å². The van der Waals surface area contributed by atoms with Crippen LogP contribution in [0.15, 0.2) is 6.07 Å². The highest BCUT2D eigenvalue weighted by molar-refractivity contribution is 5.19. The summed E-state index contributed by atoms with van der Waals surface area (Å²) in [5.74, 6) is 0.786. The van der Waals surface area contributed by atoms with Crippen LogP contribution in [0.5, 0.6) is 0 Å². The van der Waals surface area contributed by atoms with Gasteiger partial charge in [-0.2, -0.15) is 5.10 Å². The second-order valence-electron chi connectivity index (χ2n) is 3.50. The molecule has 1 heterocycles. The van der Waals surface area contributed by atoms with Crippen molar-refractivity contribution in [2.45, 2.75) is 25.2 Å². The molecule has 0 aliphatic heterocycles. The molecule has 1 fully saturated rings. The molecule has 1 aromatic rings. The summed E-state index contributed by atoms with van der Waals surface area (Å²) in [7, 11) is 2.02. The van der Waals surface area contributed by atoms with E-state index in [1.54, 1.807) is 0 Å². The Morgan fingerprint density at radius 3 is 3.00 bits per heavy atom. The van der Waals surface area contributed by atoms with Crippen LogP contribution in [-0.2, 0) is 13.5 Å². The van der Waals surface area contributed by atoms with Gasteiger partial charge in [-0.1, -0.05) is 0 Å². The molecule has 12 heavy (non-hydrogen) atoms. The molecule has 1 saturated carbocycles. The highest BCUT2D eigenvalue weighted by atomic mass is 15.3. The van der Waals surface area contributed by atoms with Gasteiger partial charge in [-0.25, -0.2) is 0 Å². The molecule has 0 saturated heterocycles. The van der Waals surface area contributed by atoms with Gasteiger partial charge in [-0.05, 0) is 25.5 Å². The maximum Gasteiger partial charge on any atom is 0.0640 e. The Kier molecular flexibility index (Phi) is 1.89. The second kappa shape index (κ2) is 2.90. The zero-order valence-corrected chi connectivity index (χ0v) is 7.45. The first-order valence-electron chi connectivity index (χ1n) is 4.54. The average molecular weight is 165 g/mol. The molecular formula is C9H15N3. The van der Waals surface area contributed by atoms with E-state index < -0.39 is 0 Å². The first-order chi connectivity index (χ1) is 5.81. The normalized spacial score (nSPS) is 16.8. The fraction of sp³-hybridized carbons (Fsp3) is 0.667. The van der Waals surface area contributed by atoms with Crippen LogP contribution in [0.2, 0.25) is 0 Å². The van der Waals surface area contributed by atoms with Crippen LogP contribution in [0, 0.1) is 0 Å². The first kappa shape index (κ1) is 7.80. The molecule has 0 unspecified atom stereocenters. The van der Waals surface area contributed by atoms with Crippen molar-refractivity contribution in [2.24, 2.45) is 12.8 Å². The van der Waals surface area contributed by atoms with E-state index in [0.717, 1.165) is 18.0 Å². The number of nitrogens with zero attached hydrogens (tertiary/aromatic N) is 2. The van der Waals surface area contributed by atoms with Crippen molar-refractivity contribution in [2.75, 3.05) is 6.54 Å². The molecule has 0 radical (unpaired) electrons. The van der Waals surface area contributed by atoms with Crippen LogP contribution < -0.4 is 5.73 Å². The van der Waals surface area contributed by atoms with E-state index in [4.69, 9.17) is 5.73 Å². The van der Waals surface area contributed by atoms with Gasteiger partial charge in [0.25, 0.3) is 0 Å². The predicted octanol–water partition coefficient (Wildman–Crippen LogP) is 0.799. The average Bonchev–Trinajstić information content (AvgIpc) is 2.79. The molecule has 0 spiro atoms. The summed E-state index contributed by atoms with van der Waals surface area (Å²) >= 11 is 0. The fourth-order valence-electron chi connectivity index (χ4n) is 1.57. The van der Waals surface area contributed by atoms with E-state index in [2.05, 4.69) is 11.2 Å². The second-order valence-corrected chi connectivity index (χ2v) is 3.50. The van der Waals surface area contributed by atoms with E-state index in [1.807, 2.05) is 11.7 Å². The Balaban J connectivity index is 2.18. The third-order valence-electron chi connectivity index (χ3n) is 2.36. The summed E-state index contributed by atoms with van der Waals surface area (Å²) in [6.45, 7) is 0.696. The number of aryl methyl sites for hydroxylation is 1. The summed E-state index contributed by atoms with van der Waals surface area (Å²) < 4.78 is 2.00. The van der Waals surface area contributed by atoms with Gasteiger partial charge in [0.15, 0.2) is 0 Å². The van der Waals surface area contributed by atoms with Gasteiger partial charge in [0.2, 0.25) is 0 Å². The van der Waals surface area contributed by atoms with E-state index >= 15 is 0 Å². The molecular weight excluding hydrogens is 150 g/mol. The molecule has 0 atom stereocenters. The zero-order valence-electron chi connectivity index (χ0n) is 7.45. The van der Waals surface area contributed by atoms with Crippen LogP contribution in [0.3, 0.4) is 0 Å². The monoisotopic (exact) mass is 165 g/mol. The third kappa shape index (κ3) is 1.37. The maximum atomic E-state index is 5.46. The largest absolute Gasteiger partial charge is 0.330 e. The summed E-state index contributed by atoms with van der Waals surface area (Å²) in [4.78, 5) is 0. The SMILES string of the molecule is Cn1nc(CCN)cc1C1CC1. The Morgan fingerprint density at radius 1 is 1.67 bits per heavy atom. The zero-order chi connectivity index (χ0) is 8.55. The van der Waals surface area contributed by atoms with E-state index in [-0.39, 0.29) is 0 Å². The van der Waals surface area contributed by atoms with Crippen molar-refractivity contribution in [1.29, 1.82) is 0 Å². The molecule has 2 N–H and O–H groups in total. The summed E-state index contributed by atoms with van der Waals surface area (Å²) in [5.41, 5.74) is 7.99. The smallest absolute Gasteiger partial charge is 0.0640 e. The Bertz CT molecular complexity index is 273. The number of aromatic nitrogens is 2. The fourth-order valence-corrected chi connectivity index (χ4v) is 1.57. The third-order valence-corrected chi connectivity index (χ3v) is 2.36. The van der Waals surface area contributed by atoms with Gasteiger partial charge >= 0.3 is 0 Å². The van der Waals surface area contributed by atoms with Gasteiger partial charge in [0.1, 0.15) is 0 Å². The molecule has 1 aromatic heterocycles. The van der Waals surface area contributed by atoms with Gasteiger partial charge < -0.3 is 5.73 Å². The molecule has 1 aliphatic carbocycles. The van der Waals surface area contributed by atoms with E-state index in [0.29, 0.717) is 6.54 Å².